The van der Waals surface area contributed by atoms with E-state index in [0.717, 1.165) is 17.3 Å². The molecular weight excluding hydrogens is 350 g/mol. The fraction of sp³-hybridized carbons (Fsp3) is 0.211. The van der Waals surface area contributed by atoms with E-state index in [1.54, 1.807) is 24.3 Å². The summed E-state index contributed by atoms with van der Waals surface area (Å²) < 4.78 is 5.47. The van der Waals surface area contributed by atoms with Gasteiger partial charge in [0.1, 0.15) is 11.0 Å². The maximum absolute atomic E-state index is 13.2. The highest BCUT2D eigenvalue weighted by molar-refractivity contribution is 8.04. The molecule has 2 N–H and O–H groups in total. The predicted octanol–water partition coefficient (Wildman–Crippen LogP) is 2.67. The summed E-state index contributed by atoms with van der Waals surface area (Å²) in [5.41, 5.74) is 7.88. The largest absolute Gasteiger partial charge is 0.469 e. The molecule has 3 heterocycles. The number of anilines is 1. The van der Waals surface area contributed by atoms with Gasteiger partial charge in [-0.25, -0.2) is 4.90 Å². The van der Waals surface area contributed by atoms with Crippen LogP contribution in [0.1, 0.15) is 17.2 Å². The predicted molar refractivity (Wildman–Crippen MR) is 96.8 cm³/mol. The summed E-state index contributed by atoms with van der Waals surface area (Å²) in [5, 5.41) is 9.16. The van der Waals surface area contributed by atoms with Crippen LogP contribution in [0.3, 0.4) is 0 Å². The fourth-order valence-electron chi connectivity index (χ4n) is 3.50. The van der Waals surface area contributed by atoms with Gasteiger partial charge in [0, 0.05) is 0 Å². The van der Waals surface area contributed by atoms with Crippen LogP contribution < -0.4 is 10.6 Å². The Labute approximate surface area is 154 Å². The smallest absolute Gasteiger partial charge is 0.248 e. The van der Waals surface area contributed by atoms with Gasteiger partial charge in [0.2, 0.25) is 11.8 Å². The Morgan fingerprint density at radius 3 is 2.54 bits per heavy atom. The van der Waals surface area contributed by atoms with Gasteiger partial charge in [-0.05, 0) is 31.2 Å². The van der Waals surface area contributed by atoms with Gasteiger partial charge in [-0.3, -0.25) is 9.59 Å². The summed E-state index contributed by atoms with van der Waals surface area (Å²) >= 11 is 1.09. The van der Waals surface area contributed by atoms with Gasteiger partial charge in [-0.15, -0.1) is 0 Å². The summed E-state index contributed by atoms with van der Waals surface area (Å²) in [5.74, 6) is -1.56. The molecule has 2 amide bonds. The zero-order valence-corrected chi connectivity index (χ0v) is 14.7. The van der Waals surface area contributed by atoms with Crippen LogP contribution in [0.15, 0.2) is 57.7 Å². The van der Waals surface area contributed by atoms with Crippen molar-refractivity contribution in [2.24, 2.45) is 11.7 Å². The van der Waals surface area contributed by atoms with Crippen molar-refractivity contribution in [3.05, 3.63) is 64.6 Å². The minimum Gasteiger partial charge on any atom is -0.469 e. The second kappa shape index (κ2) is 6.07. The molecule has 1 aromatic heterocycles. The topological polar surface area (TPSA) is 100 Å². The Morgan fingerprint density at radius 2 is 1.92 bits per heavy atom. The molecule has 7 heteroatoms. The maximum atomic E-state index is 13.2. The molecule has 26 heavy (non-hydrogen) atoms. The third-order valence-electron chi connectivity index (χ3n) is 4.75. The van der Waals surface area contributed by atoms with Crippen molar-refractivity contribution in [1.29, 1.82) is 5.26 Å². The van der Waals surface area contributed by atoms with E-state index in [-0.39, 0.29) is 22.4 Å². The summed E-state index contributed by atoms with van der Waals surface area (Å²) in [6.07, 6.45) is 1.48. The van der Waals surface area contributed by atoms with E-state index in [1.165, 1.54) is 11.2 Å². The molecule has 6 nitrogen and oxygen atoms in total. The number of amides is 2. The van der Waals surface area contributed by atoms with Crippen molar-refractivity contribution in [3.8, 4) is 6.07 Å². The molecule has 0 radical (unpaired) electrons. The molecule has 0 aliphatic carbocycles. The second-order valence-corrected chi connectivity index (χ2v) is 7.48. The Balaban J connectivity index is 1.82. The highest BCUT2D eigenvalue weighted by atomic mass is 32.2. The number of thioether (sulfide) groups is 1. The number of nitrogens with zero attached hydrogens (tertiary/aromatic N) is 2. The van der Waals surface area contributed by atoms with Gasteiger partial charge in [0.25, 0.3) is 0 Å². The van der Waals surface area contributed by atoms with E-state index in [2.05, 4.69) is 6.07 Å². The number of carbonyl (C=O) groups excluding carboxylic acids is 2. The molecule has 4 rings (SSSR count). The Morgan fingerprint density at radius 1 is 1.19 bits per heavy atom. The SMILES string of the molecule is Cc1ccc(N2C(=O)[C@H]3[C@H](SC(N)=C(C#N)[C@H]3c3ccco3)C2=O)cc1. The number of carbonyl (C=O) groups is 2. The summed E-state index contributed by atoms with van der Waals surface area (Å²) in [6, 6.07) is 12.7. The molecular formula is C19H15N3O3S. The average molecular weight is 365 g/mol. The lowest BCUT2D eigenvalue weighted by Gasteiger charge is -2.28. The summed E-state index contributed by atoms with van der Waals surface area (Å²) in [4.78, 5) is 27.4. The molecule has 3 atom stereocenters. The molecule has 0 spiro atoms. The van der Waals surface area contributed by atoms with Crippen LogP contribution in [-0.4, -0.2) is 17.1 Å². The lowest BCUT2D eigenvalue weighted by molar-refractivity contribution is -0.122. The first-order valence-corrected chi connectivity index (χ1v) is 8.95. The zero-order valence-electron chi connectivity index (χ0n) is 13.9. The van der Waals surface area contributed by atoms with Crippen LogP contribution in [0.4, 0.5) is 5.69 Å². The molecule has 0 bridgehead atoms. The Hall–Kier alpha value is -2.98. The van der Waals surface area contributed by atoms with E-state index < -0.39 is 17.1 Å². The molecule has 0 unspecified atom stereocenters. The van der Waals surface area contributed by atoms with E-state index >= 15 is 0 Å². The first-order valence-electron chi connectivity index (χ1n) is 8.07. The van der Waals surface area contributed by atoms with Crippen molar-refractivity contribution in [3.63, 3.8) is 0 Å². The number of rotatable bonds is 2. The molecule has 1 aromatic carbocycles. The molecule has 2 aliphatic heterocycles. The number of fused-ring (bicyclic) bond motifs is 1. The van der Waals surface area contributed by atoms with Crippen LogP contribution in [0, 0.1) is 24.2 Å². The highest BCUT2D eigenvalue weighted by Crippen LogP contribution is 2.50. The monoisotopic (exact) mass is 365 g/mol. The van der Waals surface area contributed by atoms with E-state index in [1.807, 2.05) is 19.1 Å². The number of furan rings is 1. The third kappa shape index (κ3) is 2.34. The number of hydrogen-bond donors (Lipinski definition) is 1. The number of aryl methyl sites for hydroxylation is 1. The van der Waals surface area contributed by atoms with Gasteiger partial charge < -0.3 is 10.2 Å². The van der Waals surface area contributed by atoms with Gasteiger partial charge in [-0.1, -0.05) is 29.5 Å². The van der Waals surface area contributed by atoms with Gasteiger partial charge in [-0.2, -0.15) is 5.26 Å². The third-order valence-corrected chi connectivity index (χ3v) is 5.97. The number of nitrogens with two attached hydrogens (primary N) is 1. The van der Waals surface area contributed by atoms with Crippen molar-refractivity contribution < 1.29 is 14.0 Å². The quantitative estimate of drug-likeness (QED) is 0.821. The minimum atomic E-state index is -0.720. The molecule has 1 fully saturated rings. The fourth-order valence-corrected chi connectivity index (χ4v) is 4.70. The minimum absolute atomic E-state index is 0.266. The maximum Gasteiger partial charge on any atom is 0.248 e. The standard InChI is InChI=1S/C19H15N3O3S/c1-10-4-6-11(7-5-10)22-18(23)15-14(13-3-2-8-25-13)12(9-20)17(21)26-16(15)19(22)24/h2-8,14-16H,21H2,1H3/t14-,15+,16-/m0/s1. The number of imide groups is 1. The van der Waals surface area contributed by atoms with Crippen molar-refractivity contribution in [2.45, 2.75) is 18.1 Å². The van der Waals surface area contributed by atoms with Gasteiger partial charge >= 0.3 is 0 Å². The molecule has 2 aromatic rings. The van der Waals surface area contributed by atoms with Crippen LogP contribution in [0.5, 0.6) is 0 Å². The molecule has 0 saturated carbocycles. The first-order chi connectivity index (χ1) is 12.5. The lowest BCUT2D eigenvalue weighted by atomic mass is 9.82. The highest BCUT2D eigenvalue weighted by Gasteiger charge is 2.56. The first kappa shape index (κ1) is 16.5. The average Bonchev–Trinajstić information content (AvgIpc) is 3.23. The Kier molecular flexibility index (Phi) is 3.85. The second-order valence-electron chi connectivity index (χ2n) is 6.29. The van der Waals surface area contributed by atoms with Crippen molar-refractivity contribution in [2.75, 3.05) is 4.90 Å². The van der Waals surface area contributed by atoms with Crippen LogP contribution in [-0.2, 0) is 9.59 Å². The normalized spacial score (nSPS) is 25.4. The van der Waals surface area contributed by atoms with E-state index in [0.29, 0.717) is 11.4 Å². The zero-order chi connectivity index (χ0) is 18.4. The molecule has 1 saturated heterocycles. The molecule has 130 valence electrons. The van der Waals surface area contributed by atoms with Crippen LogP contribution >= 0.6 is 11.8 Å². The number of nitriles is 1. The summed E-state index contributed by atoms with van der Waals surface area (Å²) in [6.45, 7) is 1.93. The van der Waals surface area contributed by atoms with Crippen molar-refractivity contribution >= 4 is 29.3 Å². The Bertz CT molecular complexity index is 957. The van der Waals surface area contributed by atoms with Crippen LogP contribution in [0.2, 0.25) is 0 Å². The van der Waals surface area contributed by atoms with E-state index in [9.17, 15) is 14.9 Å². The van der Waals surface area contributed by atoms with Gasteiger partial charge in [0.15, 0.2) is 0 Å². The van der Waals surface area contributed by atoms with Crippen LogP contribution in [0.25, 0.3) is 0 Å². The van der Waals surface area contributed by atoms with E-state index in [4.69, 9.17) is 10.2 Å². The molecule has 2 aliphatic rings. The summed E-state index contributed by atoms with van der Waals surface area (Å²) in [7, 11) is 0. The number of benzene rings is 1. The van der Waals surface area contributed by atoms with Gasteiger partial charge in [0.05, 0.1) is 40.5 Å². The lowest BCUT2D eigenvalue weighted by Crippen LogP contribution is -2.33. The van der Waals surface area contributed by atoms with Crippen molar-refractivity contribution in [1.82, 2.24) is 0 Å². The number of allylic oxidation sites excluding steroid dienone is 1. The number of hydrogen-bond acceptors (Lipinski definition) is 6.